The highest BCUT2D eigenvalue weighted by Gasteiger charge is 2.34. The van der Waals surface area contributed by atoms with Gasteiger partial charge in [-0.1, -0.05) is 0 Å². The molecule has 0 saturated heterocycles. The number of thiophene rings is 1. The zero-order valence-electron chi connectivity index (χ0n) is 15.5. The lowest BCUT2D eigenvalue weighted by molar-refractivity contribution is -0.141. The Labute approximate surface area is 175 Å². The summed E-state index contributed by atoms with van der Waals surface area (Å²) >= 11 is 0.774. The molecule has 2 amide bonds. The van der Waals surface area contributed by atoms with Crippen LogP contribution in [0.2, 0.25) is 0 Å². The summed E-state index contributed by atoms with van der Waals surface area (Å²) in [7, 11) is 0. The molecule has 4 rings (SSSR count). The van der Waals surface area contributed by atoms with E-state index in [9.17, 15) is 31.5 Å². The summed E-state index contributed by atoms with van der Waals surface area (Å²) in [4.78, 5) is 28.4. The van der Waals surface area contributed by atoms with Gasteiger partial charge in [-0.05, 0) is 36.5 Å². The lowest BCUT2D eigenvalue weighted by Crippen LogP contribution is -2.21. The van der Waals surface area contributed by atoms with Gasteiger partial charge in [0.2, 0.25) is 5.91 Å². The number of carbonyl (C=O) groups excluding carboxylic acids is 2. The molecule has 1 saturated carbocycles. The van der Waals surface area contributed by atoms with Crippen LogP contribution in [0, 0.1) is 0 Å². The lowest BCUT2D eigenvalue weighted by Gasteiger charge is -2.10. The Hall–Kier alpha value is -3.09. The fourth-order valence-electron chi connectivity index (χ4n) is 3.19. The minimum Gasteiger partial charge on any atom is -0.365 e. The number of aromatic nitrogens is 3. The van der Waals surface area contributed by atoms with Crippen molar-refractivity contribution in [2.75, 3.05) is 5.32 Å². The molecule has 3 N–H and O–H groups in total. The highest BCUT2D eigenvalue weighted by molar-refractivity contribution is 7.21. The summed E-state index contributed by atoms with van der Waals surface area (Å²) < 4.78 is 65.4. The van der Waals surface area contributed by atoms with E-state index < -0.39 is 42.3 Å². The van der Waals surface area contributed by atoms with Gasteiger partial charge in [0.25, 0.3) is 12.3 Å². The summed E-state index contributed by atoms with van der Waals surface area (Å²) in [6.45, 7) is -0.563. The summed E-state index contributed by atoms with van der Waals surface area (Å²) in [6.07, 6.45) is -4.97. The van der Waals surface area contributed by atoms with Crippen molar-refractivity contribution in [3.05, 3.63) is 40.2 Å². The number of halogens is 5. The van der Waals surface area contributed by atoms with E-state index >= 15 is 0 Å². The van der Waals surface area contributed by atoms with Gasteiger partial charge in [0, 0.05) is 11.6 Å². The number of nitrogens with two attached hydrogens (primary N) is 1. The first-order valence-corrected chi connectivity index (χ1v) is 9.82. The second-order valence-electron chi connectivity index (χ2n) is 7.01. The number of hydrogen-bond acceptors (Lipinski definition) is 5. The number of nitrogens with one attached hydrogen (secondary N) is 1. The number of carbonyl (C=O) groups is 2. The summed E-state index contributed by atoms with van der Waals surface area (Å²) in [5.74, 6) is -1.68. The van der Waals surface area contributed by atoms with E-state index in [4.69, 9.17) is 5.73 Å². The molecule has 1 fully saturated rings. The van der Waals surface area contributed by atoms with E-state index in [1.165, 1.54) is 6.07 Å². The third-order valence-corrected chi connectivity index (χ3v) is 5.78. The molecule has 0 atom stereocenters. The second kappa shape index (κ2) is 7.55. The summed E-state index contributed by atoms with van der Waals surface area (Å²) in [5, 5.41) is 6.13. The number of rotatable bonds is 6. The van der Waals surface area contributed by atoms with E-state index in [1.807, 2.05) is 0 Å². The van der Waals surface area contributed by atoms with Crippen LogP contribution in [0.15, 0.2) is 18.3 Å². The molecular weight excluding hydrogens is 445 g/mol. The van der Waals surface area contributed by atoms with E-state index in [1.54, 1.807) is 0 Å². The molecule has 0 unspecified atom stereocenters. The maximum absolute atomic E-state index is 13.3. The van der Waals surface area contributed by atoms with Gasteiger partial charge in [0.05, 0.1) is 5.69 Å². The van der Waals surface area contributed by atoms with E-state index in [0.717, 1.165) is 41.1 Å². The zero-order chi connectivity index (χ0) is 22.5. The fraction of sp³-hybridized carbons (Fsp3) is 0.333. The Morgan fingerprint density at radius 3 is 2.58 bits per heavy atom. The SMILES string of the molecule is NC(=O)c1sc2nc(C(F)F)cc(C3CC3)c2c1NC(=O)Cn1ccc(C(F)(F)F)n1. The normalized spacial score (nSPS) is 14.4. The van der Waals surface area contributed by atoms with Gasteiger partial charge in [0.1, 0.15) is 21.9 Å². The van der Waals surface area contributed by atoms with Gasteiger partial charge in [0.15, 0.2) is 5.69 Å². The molecule has 3 aromatic heterocycles. The number of amides is 2. The quantitative estimate of drug-likeness (QED) is 0.543. The molecule has 0 bridgehead atoms. The molecule has 0 spiro atoms. The van der Waals surface area contributed by atoms with Crippen molar-refractivity contribution < 1.29 is 31.5 Å². The van der Waals surface area contributed by atoms with Crippen LogP contribution in [0.1, 0.15) is 51.8 Å². The molecule has 13 heteroatoms. The van der Waals surface area contributed by atoms with Crippen molar-refractivity contribution in [2.45, 2.75) is 37.9 Å². The topological polar surface area (TPSA) is 103 Å². The standard InChI is InChI=1S/C18H14F5N5O2S/c19-15(20)9-5-8(7-1-2-7)12-13(14(16(24)30)31-17(12)25-9)26-11(29)6-28-4-3-10(27-28)18(21,22)23/h3-5,7,15H,1-2,6H2,(H2,24,30)(H,26,29). The van der Waals surface area contributed by atoms with Gasteiger partial charge in [-0.25, -0.2) is 13.8 Å². The van der Waals surface area contributed by atoms with Crippen LogP contribution in [0.4, 0.5) is 27.6 Å². The first-order valence-electron chi connectivity index (χ1n) is 9.00. The third-order valence-electron chi connectivity index (χ3n) is 4.68. The van der Waals surface area contributed by atoms with E-state index in [-0.39, 0.29) is 21.3 Å². The summed E-state index contributed by atoms with van der Waals surface area (Å²) in [6, 6.07) is 1.98. The van der Waals surface area contributed by atoms with Gasteiger partial charge in [-0.2, -0.15) is 18.3 Å². The molecule has 1 aliphatic rings. The predicted molar refractivity (Wildman–Crippen MR) is 101 cm³/mol. The predicted octanol–water partition coefficient (Wildman–Crippen LogP) is 4.06. The molecule has 3 aromatic rings. The van der Waals surface area contributed by atoms with Crippen LogP contribution in [0.3, 0.4) is 0 Å². The maximum Gasteiger partial charge on any atom is 0.435 e. The van der Waals surface area contributed by atoms with Crippen molar-refractivity contribution in [2.24, 2.45) is 5.73 Å². The Morgan fingerprint density at radius 2 is 2.03 bits per heavy atom. The maximum atomic E-state index is 13.3. The molecule has 0 aromatic carbocycles. The second-order valence-corrected chi connectivity index (χ2v) is 8.01. The van der Waals surface area contributed by atoms with Crippen molar-refractivity contribution in [3.63, 3.8) is 0 Å². The average Bonchev–Trinajstić information content (AvgIpc) is 3.29. The molecule has 1 aliphatic carbocycles. The molecule has 3 heterocycles. The Kier molecular flexibility index (Phi) is 5.15. The first kappa shape index (κ1) is 21.2. The minimum absolute atomic E-state index is 0.0190. The number of primary amides is 1. The van der Waals surface area contributed by atoms with Gasteiger partial charge in [-0.3, -0.25) is 14.3 Å². The molecule has 0 aliphatic heterocycles. The number of pyridine rings is 1. The van der Waals surface area contributed by atoms with Crippen molar-refractivity contribution in [1.82, 2.24) is 14.8 Å². The third kappa shape index (κ3) is 4.22. The number of hydrogen-bond donors (Lipinski definition) is 2. The molecule has 7 nitrogen and oxygen atoms in total. The molecule has 0 radical (unpaired) electrons. The van der Waals surface area contributed by atoms with E-state index in [2.05, 4.69) is 15.4 Å². The molecule has 31 heavy (non-hydrogen) atoms. The van der Waals surface area contributed by atoms with Crippen LogP contribution in [0.25, 0.3) is 10.2 Å². The van der Waals surface area contributed by atoms with Crippen LogP contribution in [-0.4, -0.2) is 26.6 Å². The summed E-state index contributed by atoms with van der Waals surface area (Å²) in [5.41, 5.74) is 4.35. The Bertz CT molecular complexity index is 1180. The van der Waals surface area contributed by atoms with E-state index in [0.29, 0.717) is 10.9 Å². The Balaban J connectivity index is 1.70. The minimum atomic E-state index is -4.66. The number of anilines is 1. The zero-order valence-corrected chi connectivity index (χ0v) is 16.4. The smallest absolute Gasteiger partial charge is 0.365 e. The average molecular weight is 459 g/mol. The molecule has 164 valence electrons. The van der Waals surface area contributed by atoms with Gasteiger partial charge >= 0.3 is 6.18 Å². The van der Waals surface area contributed by atoms with Gasteiger partial charge in [-0.15, -0.1) is 11.3 Å². The van der Waals surface area contributed by atoms with Crippen molar-refractivity contribution in [1.29, 1.82) is 0 Å². The monoisotopic (exact) mass is 459 g/mol. The first-order chi connectivity index (χ1) is 14.5. The molecular formula is C18H14F5N5O2S. The number of nitrogens with zero attached hydrogens (tertiary/aromatic N) is 3. The highest BCUT2D eigenvalue weighted by atomic mass is 32.1. The van der Waals surface area contributed by atoms with Crippen LogP contribution < -0.4 is 11.1 Å². The lowest BCUT2D eigenvalue weighted by atomic mass is 10.0. The number of fused-ring (bicyclic) bond motifs is 1. The van der Waals surface area contributed by atoms with Crippen molar-refractivity contribution >= 4 is 39.1 Å². The number of alkyl halides is 5. The fourth-order valence-corrected chi connectivity index (χ4v) is 4.22. The van der Waals surface area contributed by atoms with Crippen molar-refractivity contribution in [3.8, 4) is 0 Å². The van der Waals surface area contributed by atoms with Crippen LogP contribution in [-0.2, 0) is 17.5 Å². The largest absolute Gasteiger partial charge is 0.435 e. The van der Waals surface area contributed by atoms with Crippen LogP contribution >= 0.6 is 11.3 Å². The van der Waals surface area contributed by atoms with Crippen LogP contribution in [0.5, 0.6) is 0 Å². The highest BCUT2D eigenvalue weighted by Crippen LogP contribution is 2.48. The van der Waals surface area contributed by atoms with Gasteiger partial charge < -0.3 is 11.1 Å². The Morgan fingerprint density at radius 1 is 1.32 bits per heavy atom.